The number of hydrogen-bond acceptors (Lipinski definition) is 2. The fraction of sp³-hybridized carbons (Fsp3) is 0.333. The molecule has 4 nitrogen and oxygen atoms in total. The second-order valence-electron chi connectivity index (χ2n) is 6.43. The van der Waals surface area contributed by atoms with Gasteiger partial charge in [0.15, 0.2) is 0 Å². The quantitative estimate of drug-likeness (QED) is 0.744. The average molecular weight is 417 g/mol. The fourth-order valence-electron chi connectivity index (χ4n) is 2.77. The van der Waals surface area contributed by atoms with Crippen molar-refractivity contribution in [3.05, 3.63) is 69.7 Å². The molecule has 2 aromatic rings. The van der Waals surface area contributed by atoms with E-state index in [4.69, 9.17) is 0 Å². The van der Waals surface area contributed by atoms with Crippen LogP contribution in [-0.4, -0.2) is 29.8 Å². The zero-order valence-corrected chi connectivity index (χ0v) is 17.0. The maximum Gasteiger partial charge on any atom is 0.242 e. The molecule has 0 fully saturated rings. The summed E-state index contributed by atoms with van der Waals surface area (Å²) in [6.07, 6.45) is 1.03. The first-order valence-electron chi connectivity index (χ1n) is 8.71. The first kappa shape index (κ1) is 20.2. The van der Waals surface area contributed by atoms with Crippen LogP contribution in [0, 0.1) is 6.92 Å². The lowest BCUT2D eigenvalue weighted by molar-refractivity contribution is -0.140. The minimum Gasteiger partial charge on any atom is -0.357 e. The van der Waals surface area contributed by atoms with Crippen molar-refractivity contribution in [1.29, 1.82) is 0 Å². The molecule has 0 aromatic heterocycles. The summed E-state index contributed by atoms with van der Waals surface area (Å²) in [7, 11) is 1.59. The maximum atomic E-state index is 12.9. The van der Waals surface area contributed by atoms with Gasteiger partial charge in [0.1, 0.15) is 6.04 Å². The number of amides is 2. The fourth-order valence-corrected chi connectivity index (χ4v) is 3.22. The topological polar surface area (TPSA) is 49.4 Å². The predicted octanol–water partition coefficient (Wildman–Crippen LogP) is 3.85. The number of rotatable bonds is 7. The van der Waals surface area contributed by atoms with E-state index in [1.165, 1.54) is 5.56 Å². The predicted molar refractivity (Wildman–Crippen MR) is 108 cm³/mol. The summed E-state index contributed by atoms with van der Waals surface area (Å²) in [5.41, 5.74) is 3.31. The Labute approximate surface area is 163 Å². The van der Waals surface area contributed by atoms with Crippen LogP contribution in [0.4, 0.5) is 0 Å². The summed E-state index contributed by atoms with van der Waals surface area (Å²) in [6.45, 7) is 4.21. The van der Waals surface area contributed by atoms with Crippen LogP contribution in [0.25, 0.3) is 0 Å². The van der Waals surface area contributed by atoms with Crippen LogP contribution < -0.4 is 5.32 Å². The summed E-state index contributed by atoms with van der Waals surface area (Å²) in [5.74, 6) is -0.190. The van der Waals surface area contributed by atoms with E-state index in [0.717, 1.165) is 15.6 Å². The van der Waals surface area contributed by atoms with Crippen LogP contribution in [0.5, 0.6) is 0 Å². The third-order valence-electron chi connectivity index (χ3n) is 4.40. The van der Waals surface area contributed by atoms with Gasteiger partial charge in [-0.05, 0) is 43.5 Å². The van der Waals surface area contributed by atoms with Gasteiger partial charge >= 0.3 is 0 Å². The van der Waals surface area contributed by atoms with Gasteiger partial charge < -0.3 is 10.2 Å². The number of nitrogens with one attached hydrogen (secondary N) is 1. The molecule has 0 heterocycles. The van der Waals surface area contributed by atoms with Gasteiger partial charge in [-0.1, -0.05) is 57.9 Å². The minimum absolute atomic E-state index is 0.0262. The summed E-state index contributed by atoms with van der Waals surface area (Å²) >= 11 is 3.45. The summed E-state index contributed by atoms with van der Waals surface area (Å²) in [6, 6.07) is 15.5. The molecule has 0 radical (unpaired) electrons. The average Bonchev–Trinajstić information content (AvgIpc) is 2.64. The Balaban J connectivity index is 2.12. The highest BCUT2D eigenvalue weighted by molar-refractivity contribution is 9.10. The first-order valence-corrected chi connectivity index (χ1v) is 9.51. The van der Waals surface area contributed by atoms with Crippen LogP contribution in [0.15, 0.2) is 53.0 Å². The number of carbonyl (C=O) groups is 2. The molecule has 2 aromatic carbocycles. The normalized spacial score (nSPS) is 11.7. The van der Waals surface area contributed by atoms with E-state index in [-0.39, 0.29) is 11.8 Å². The molecule has 5 heteroatoms. The lowest BCUT2D eigenvalue weighted by atomic mass is 10.1. The Morgan fingerprint density at radius 3 is 2.42 bits per heavy atom. The molecule has 0 aliphatic rings. The third kappa shape index (κ3) is 5.70. The molecule has 0 saturated carbocycles. The van der Waals surface area contributed by atoms with Crippen molar-refractivity contribution in [2.24, 2.45) is 0 Å². The van der Waals surface area contributed by atoms with E-state index in [2.05, 4.69) is 21.2 Å². The van der Waals surface area contributed by atoms with Crippen LogP contribution in [-0.2, 0) is 22.6 Å². The summed E-state index contributed by atoms with van der Waals surface area (Å²) in [4.78, 5) is 26.6. The molecule has 0 saturated heterocycles. The first-order chi connectivity index (χ1) is 12.4. The van der Waals surface area contributed by atoms with E-state index in [9.17, 15) is 9.59 Å². The van der Waals surface area contributed by atoms with Gasteiger partial charge in [-0.2, -0.15) is 0 Å². The van der Waals surface area contributed by atoms with Crippen molar-refractivity contribution in [3.63, 3.8) is 0 Å². The molecule has 1 unspecified atom stereocenters. The third-order valence-corrected chi connectivity index (χ3v) is 4.90. The second-order valence-corrected chi connectivity index (χ2v) is 7.34. The van der Waals surface area contributed by atoms with Crippen molar-refractivity contribution in [2.75, 3.05) is 7.05 Å². The smallest absolute Gasteiger partial charge is 0.242 e. The van der Waals surface area contributed by atoms with Gasteiger partial charge in [0.25, 0.3) is 0 Å². The highest BCUT2D eigenvalue weighted by atomic mass is 79.9. The Kier molecular flexibility index (Phi) is 7.39. The molecule has 0 bridgehead atoms. The Hall–Kier alpha value is -2.14. The second kappa shape index (κ2) is 9.53. The van der Waals surface area contributed by atoms with Gasteiger partial charge in [0.05, 0.1) is 0 Å². The lowest BCUT2D eigenvalue weighted by Gasteiger charge is -2.28. The molecule has 1 atom stereocenters. The van der Waals surface area contributed by atoms with Crippen LogP contribution in [0.3, 0.4) is 0 Å². The van der Waals surface area contributed by atoms with Crippen LogP contribution >= 0.6 is 15.9 Å². The Morgan fingerprint density at radius 1 is 1.12 bits per heavy atom. The van der Waals surface area contributed by atoms with Gasteiger partial charge in [-0.3, -0.25) is 9.59 Å². The number of carbonyl (C=O) groups excluding carboxylic acids is 2. The van der Waals surface area contributed by atoms with Crippen LogP contribution in [0.2, 0.25) is 0 Å². The standard InChI is InChI=1S/C21H25BrN2O2/c1-15-7-9-17(10-8-15)11-12-20(25)24(16(2)21(26)23-3)14-18-5-4-6-19(22)13-18/h4-10,13,16H,11-12,14H2,1-3H3,(H,23,26). The Morgan fingerprint density at radius 2 is 1.81 bits per heavy atom. The molecule has 0 aliphatic heterocycles. The van der Waals surface area contributed by atoms with Crippen LogP contribution in [0.1, 0.15) is 30.0 Å². The molecule has 2 amide bonds. The number of aryl methyl sites for hydroxylation is 2. The zero-order chi connectivity index (χ0) is 19.1. The monoisotopic (exact) mass is 416 g/mol. The largest absolute Gasteiger partial charge is 0.357 e. The van der Waals surface area contributed by atoms with Crippen molar-refractivity contribution < 1.29 is 9.59 Å². The number of likely N-dealkylation sites (N-methyl/N-ethyl adjacent to an activating group) is 1. The van der Waals surface area contributed by atoms with E-state index in [0.29, 0.717) is 19.4 Å². The maximum absolute atomic E-state index is 12.9. The molecule has 1 N–H and O–H groups in total. The van der Waals surface area contributed by atoms with Gasteiger partial charge in [-0.25, -0.2) is 0 Å². The van der Waals surface area contributed by atoms with Gasteiger partial charge in [0.2, 0.25) is 11.8 Å². The van der Waals surface area contributed by atoms with Gasteiger partial charge in [0, 0.05) is 24.5 Å². The molecule has 0 spiro atoms. The van der Waals surface area contributed by atoms with Crippen molar-refractivity contribution in [3.8, 4) is 0 Å². The molecule has 138 valence electrons. The van der Waals surface area contributed by atoms with Crippen molar-refractivity contribution in [1.82, 2.24) is 10.2 Å². The van der Waals surface area contributed by atoms with E-state index in [1.807, 2.05) is 55.5 Å². The highest BCUT2D eigenvalue weighted by Gasteiger charge is 2.25. The molecular formula is C21H25BrN2O2. The lowest BCUT2D eigenvalue weighted by Crippen LogP contribution is -2.46. The number of benzene rings is 2. The SMILES string of the molecule is CNC(=O)C(C)N(Cc1cccc(Br)c1)C(=O)CCc1ccc(C)cc1. The van der Waals surface area contributed by atoms with E-state index >= 15 is 0 Å². The summed E-state index contributed by atoms with van der Waals surface area (Å²) in [5, 5.41) is 2.64. The van der Waals surface area contributed by atoms with Gasteiger partial charge in [-0.15, -0.1) is 0 Å². The Bertz CT molecular complexity index is 759. The van der Waals surface area contributed by atoms with E-state index in [1.54, 1.807) is 18.9 Å². The summed E-state index contributed by atoms with van der Waals surface area (Å²) < 4.78 is 0.953. The zero-order valence-electron chi connectivity index (χ0n) is 15.5. The number of nitrogens with zero attached hydrogens (tertiary/aromatic N) is 1. The highest BCUT2D eigenvalue weighted by Crippen LogP contribution is 2.17. The van der Waals surface area contributed by atoms with Crippen molar-refractivity contribution >= 4 is 27.7 Å². The molecule has 2 rings (SSSR count). The minimum atomic E-state index is -0.524. The number of halogens is 1. The van der Waals surface area contributed by atoms with E-state index < -0.39 is 6.04 Å². The molecule has 0 aliphatic carbocycles. The molecular weight excluding hydrogens is 392 g/mol. The number of hydrogen-bond donors (Lipinski definition) is 1. The van der Waals surface area contributed by atoms with Crippen molar-refractivity contribution in [2.45, 2.75) is 39.3 Å². The molecule has 26 heavy (non-hydrogen) atoms.